The van der Waals surface area contributed by atoms with Crippen molar-refractivity contribution in [1.29, 1.82) is 5.41 Å². The Morgan fingerprint density at radius 1 is 0.762 bits per heavy atom. The fourth-order valence-electron chi connectivity index (χ4n) is 5.24. The van der Waals surface area contributed by atoms with Crippen LogP contribution in [0.2, 0.25) is 0 Å². The highest BCUT2D eigenvalue weighted by molar-refractivity contribution is 6.18. The lowest BCUT2D eigenvalue weighted by atomic mass is 9.90. The Labute approximate surface area is 248 Å². The fourth-order valence-corrected chi connectivity index (χ4v) is 5.24. The topological polar surface area (TPSA) is 97.6 Å². The molecule has 9 nitrogen and oxygen atoms in total. The Kier molecular flexibility index (Phi) is 11.3. The van der Waals surface area contributed by atoms with Crippen LogP contribution in [-0.4, -0.2) is 97.1 Å². The molecule has 0 saturated carbocycles. The molecule has 5 rings (SSSR count). The van der Waals surface area contributed by atoms with Crippen molar-refractivity contribution in [3.05, 3.63) is 71.3 Å². The number of ether oxygens (including phenoxy) is 5. The summed E-state index contributed by atoms with van der Waals surface area (Å²) in [4.78, 5) is 6.92. The molecule has 224 valence electrons. The lowest BCUT2D eigenvalue weighted by molar-refractivity contribution is -0.0116. The number of nitrogens with zero attached hydrogens (tertiary/aromatic N) is 2. The van der Waals surface area contributed by atoms with Crippen molar-refractivity contribution < 1.29 is 23.7 Å². The maximum absolute atomic E-state index is 8.87. The van der Waals surface area contributed by atoms with Crippen LogP contribution in [0.15, 0.2) is 59.6 Å². The molecule has 0 bridgehead atoms. The van der Waals surface area contributed by atoms with E-state index < -0.39 is 0 Å². The van der Waals surface area contributed by atoms with Crippen molar-refractivity contribution in [3.8, 4) is 0 Å². The molecule has 0 unspecified atom stereocenters. The van der Waals surface area contributed by atoms with Crippen LogP contribution in [-0.2, 0) is 30.2 Å². The number of hydrogen-bond acceptors (Lipinski definition) is 9. The molecule has 2 aliphatic heterocycles. The molecular formula is C33H42N4O5. The molecule has 2 aliphatic rings. The van der Waals surface area contributed by atoms with Gasteiger partial charge in [0.05, 0.1) is 84.9 Å². The molecule has 2 heterocycles. The summed E-state index contributed by atoms with van der Waals surface area (Å²) in [5.74, 6) is 0. The molecular weight excluding hydrogens is 532 g/mol. The van der Waals surface area contributed by atoms with Crippen molar-refractivity contribution in [3.63, 3.8) is 0 Å². The second kappa shape index (κ2) is 15.8. The Morgan fingerprint density at radius 3 is 1.98 bits per heavy atom. The summed E-state index contributed by atoms with van der Waals surface area (Å²) < 4.78 is 28.2. The van der Waals surface area contributed by atoms with Gasteiger partial charge in [-0.2, -0.15) is 0 Å². The zero-order valence-corrected chi connectivity index (χ0v) is 24.5. The van der Waals surface area contributed by atoms with Crippen LogP contribution in [0.4, 0.5) is 11.4 Å². The molecule has 1 saturated heterocycles. The number of rotatable bonds is 5. The van der Waals surface area contributed by atoms with Crippen molar-refractivity contribution in [2.45, 2.75) is 13.5 Å². The van der Waals surface area contributed by atoms with Gasteiger partial charge in [0.2, 0.25) is 0 Å². The summed E-state index contributed by atoms with van der Waals surface area (Å²) in [6, 6.07) is 18.8. The summed E-state index contributed by atoms with van der Waals surface area (Å²) in [5, 5.41) is 14.7. The Balaban J connectivity index is 1.17. The van der Waals surface area contributed by atoms with Gasteiger partial charge in [-0.3, -0.25) is 4.99 Å². The minimum Gasteiger partial charge on any atom is -0.379 e. The van der Waals surface area contributed by atoms with Gasteiger partial charge >= 0.3 is 0 Å². The van der Waals surface area contributed by atoms with E-state index >= 15 is 0 Å². The third kappa shape index (κ3) is 8.14. The maximum Gasteiger partial charge on any atom is 0.0701 e. The van der Waals surface area contributed by atoms with E-state index in [2.05, 4.69) is 76.7 Å². The molecule has 3 aromatic rings. The van der Waals surface area contributed by atoms with Crippen LogP contribution < -0.4 is 10.2 Å². The first-order valence-electron chi connectivity index (χ1n) is 14.8. The predicted octanol–water partition coefficient (Wildman–Crippen LogP) is 4.55. The third-order valence-electron chi connectivity index (χ3n) is 7.53. The van der Waals surface area contributed by atoms with Gasteiger partial charge in [-0.05, 0) is 47.5 Å². The fraction of sp³-hybridized carbons (Fsp3) is 0.455. The first-order chi connectivity index (χ1) is 20.7. The van der Waals surface area contributed by atoms with Crippen LogP contribution in [0.3, 0.4) is 0 Å². The minimum absolute atomic E-state index is 0.437. The summed E-state index contributed by atoms with van der Waals surface area (Å²) in [5.41, 5.74) is 7.05. The van der Waals surface area contributed by atoms with Gasteiger partial charge in [0.25, 0.3) is 0 Å². The highest BCUT2D eigenvalue weighted by atomic mass is 16.6. The van der Waals surface area contributed by atoms with Crippen LogP contribution in [0.1, 0.15) is 23.6 Å². The number of benzene rings is 3. The molecule has 2 N–H and O–H groups in total. The van der Waals surface area contributed by atoms with Crippen molar-refractivity contribution >= 4 is 33.6 Å². The molecule has 9 heteroatoms. The van der Waals surface area contributed by atoms with E-state index in [0.29, 0.717) is 84.9 Å². The van der Waals surface area contributed by atoms with Crippen LogP contribution >= 0.6 is 0 Å². The summed E-state index contributed by atoms with van der Waals surface area (Å²) in [6.45, 7) is 10.3. The van der Waals surface area contributed by atoms with Gasteiger partial charge in [0, 0.05) is 41.3 Å². The first kappa shape index (κ1) is 30.1. The van der Waals surface area contributed by atoms with Gasteiger partial charge in [0.1, 0.15) is 0 Å². The van der Waals surface area contributed by atoms with Gasteiger partial charge in [-0.1, -0.05) is 30.3 Å². The molecule has 0 spiro atoms. The minimum atomic E-state index is 0.437. The molecule has 0 amide bonds. The van der Waals surface area contributed by atoms with Crippen molar-refractivity contribution in [2.75, 3.05) is 95.9 Å². The van der Waals surface area contributed by atoms with E-state index in [4.69, 9.17) is 29.1 Å². The molecule has 1 fully saturated rings. The normalized spacial score (nSPS) is 18.1. The van der Waals surface area contributed by atoms with E-state index in [1.54, 1.807) is 0 Å². The Bertz CT molecular complexity index is 1330. The lowest BCUT2D eigenvalue weighted by Crippen LogP contribution is -2.31. The lowest BCUT2D eigenvalue weighted by Gasteiger charge is -2.25. The van der Waals surface area contributed by atoms with E-state index in [0.717, 1.165) is 41.1 Å². The van der Waals surface area contributed by atoms with E-state index in [1.165, 1.54) is 16.5 Å². The largest absolute Gasteiger partial charge is 0.379 e. The smallest absolute Gasteiger partial charge is 0.0701 e. The van der Waals surface area contributed by atoms with Gasteiger partial charge in [-0.25, -0.2) is 0 Å². The van der Waals surface area contributed by atoms with Crippen molar-refractivity contribution in [1.82, 2.24) is 0 Å². The van der Waals surface area contributed by atoms with Crippen LogP contribution in [0, 0.1) is 5.41 Å². The SMILES string of the molecule is CC1=NCc2cccc3c(C(=N)CNc4ccc(N5CCOCCOCCOCCOCCOCC5)cc4)ccc1c23. The second-order valence-electron chi connectivity index (χ2n) is 10.3. The number of aliphatic imine (C=N–C) groups is 1. The Morgan fingerprint density at radius 2 is 1.36 bits per heavy atom. The number of nitrogens with one attached hydrogen (secondary N) is 2. The number of hydrogen-bond donors (Lipinski definition) is 2. The monoisotopic (exact) mass is 574 g/mol. The van der Waals surface area contributed by atoms with E-state index in [-0.39, 0.29) is 0 Å². The molecule has 0 aliphatic carbocycles. The maximum atomic E-state index is 8.87. The predicted molar refractivity (Wildman–Crippen MR) is 168 cm³/mol. The van der Waals surface area contributed by atoms with E-state index in [9.17, 15) is 0 Å². The summed E-state index contributed by atoms with van der Waals surface area (Å²) in [7, 11) is 0. The first-order valence-corrected chi connectivity index (χ1v) is 14.8. The quantitative estimate of drug-likeness (QED) is 0.432. The van der Waals surface area contributed by atoms with Gasteiger partial charge in [0.15, 0.2) is 0 Å². The average molecular weight is 575 g/mol. The molecule has 0 radical (unpaired) electrons. The Hall–Kier alpha value is -3.34. The van der Waals surface area contributed by atoms with Crippen LogP contribution in [0.5, 0.6) is 0 Å². The average Bonchev–Trinajstić information content (AvgIpc) is 3.02. The molecule has 0 atom stereocenters. The summed E-state index contributed by atoms with van der Waals surface area (Å²) in [6.07, 6.45) is 0. The molecule has 3 aromatic carbocycles. The molecule has 0 aromatic heterocycles. The standard InChI is InChI=1S/C33H42N4O5/c1-25-29-9-10-30(31-4-2-3-26(23-35-25)33(29)31)32(34)24-36-27-5-7-28(8-6-27)37-11-13-38-15-17-40-19-21-42-22-20-41-18-16-39-14-12-37/h2-10,34,36H,11-24H2,1H3. The van der Waals surface area contributed by atoms with Crippen molar-refractivity contribution in [2.24, 2.45) is 4.99 Å². The second-order valence-corrected chi connectivity index (χ2v) is 10.3. The van der Waals surface area contributed by atoms with Gasteiger partial charge < -0.3 is 39.3 Å². The highest BCUT2D eigenvalue weighted by Crippen LogP contribution is 2.31. The summed E-state index contributed by atoms with van der Waals surface area (Å²) >= 11 is 0. The molecule has 42 heavy (non-hydrogen) atoms. The third-order valence-corrected chi connectivity index (χ3v) is 7.53. The van der Waals surface area contributed by atoms with Gasteiger partial charge in [-0.15, -0.1) is 0 Å². The van der Waals surface area contributed by atoms with Crippen LogP contribution in [0.25, 0.3) is 10.8 Å². The zero-order chi connectivity index (χ0) is 29.0. The highest BCUT2D eigenvalue weighted by Gasteiger charge is 2.17. The van der Waals surface area contributed by atoms with E-state index in [1.807, 2.05) is 0 Å². The number of anilines is 2. The zero-order valence-electron chi connectivity index (χ0n) is 24.5.